The molecule has 0 rings (SSSR count). The Kier molecular flexibility index (Phi) is 6.34. The molecule has 0 aromatic heterocycles. The van der Waals surface area contributed by atoms with Gasteiger partial charge in [0.1, 0.15) is 5.76 Å². The average Bonchev–Trinajstić information content (AvgIpc) is 2.16. The lowest BCUT2D eigenvalue weighted by Crippen LogP contribution is -1.91. The van der Waals surface area contributed by atoms with Crippen LogP contribution in [0.1, 0.15) is 6.92 Å². The maximum atomic E-state index is 5.39. The van der Waals surface area contributed by atoms with Gasteiger partial charge in [0.2, 0.25) is 0 Å². The molecule has 0 aromatic carbocycles. The highest BCUT2D eigenvalue weighted by Gasteiger charge is 1.96. The van der Waals surface area contributed by atoms with Gasteiger partial charge in [0, 0.05) is 5.57 Å². The smallest absolute Gasteiger partial charge is 0.126 e. The summed E-state index contributed by atoms with van der Waals surface area (Å²) in [7, 11) is 0. The summed E-state index contributed by atoms with van der Waals surface area (Å²) in [6, 6.07) is 0. The minimum Gasteiger partial charge on any atom is -0.493 e. The van der Waals surface area contributed by atoms with Crippen molar-refractivity contribution >= 4 is 0 Å². The van der Waals surface area contributed by atoms with E-state index in [1.807, 2.05) is 19.1 Å². The van der Waals surface area contributed by atoms with Gasteiger partial charge < -0.3 is 4.74 Å². The largest absolute Gasteiger partial charge is 0.493 e. The molecule has 0 aromatic rings. The van der Waals surface area contributed by atoms with Crippen LogP contribution in [0, 0.1) is 0 Å². The molecule has 1 nitrogen and oxygen atoms in total. The topological polar surface area (TPSA) is 9.23 Å². The lowest BCUT2D eigenvalue weighted by molar-refractivity contribution is 0.241. The molecule has 0 amide bonds. The zero-order chi connectivity index (χ0) is 10.1. The molecule has 0 bridgehead atoms. The quantitative estimate of drug-likeness (QED) is 0.445. The average molecular weight is 176 g/mol. The van der Waals surface area contributed by atoms with Crippen molar-refractivity contribution in [1.29, 1.82) is 0 Å². The highest BCUT2D eigenvalue weighted by Crippen LogP contribution is 2.10. The number of hydrogen-bond donors (Lipinski definition) is 0. The second-order valence-corrected chi connectivity index (χ2v) is 2.26. The first-order valence-corrected chi connectivity index (χ1v) is 4.21. The van der Waals surface area contributed by atoms with Gasteiger partial charge in [-0.05, 0) is 13.0 Å². The lowest BCUT2D eigenvalue weighted by Gasteiger charge is -2.05. The van der Waals surface area contributed by atoms with Crippen molar-refractivity contribution in [2.75, 3.05) is 6.61 Å². The van der Waals surface area contributed by atoms with E-state index in [0.717, 1.165) is 11.3 Å². The van der Waals surface area contributed by atoms with Crippen molar-refractivity contribution in [1.82, 2.24) is 0 Å². The summed E-state index contributed by atoms with van der Waals surface area (Å²) in [5.74, 6) is 0.771. The maximum Gasteiger partial charge on any atom is 0.126 e. The summed E-state index contributed by atoms with van der Waals surface area (Å²) in [5, 5.41) is 0. The first-order valence-electron chi connectivity index (χ1n) is 4.21. The minimum absolute atomic E-state index is 0.627. The normalized spacial score (nSPS) is 9.31. The monoisotopic (exact) mass is 176 g/mol. The molecule has 0 atom stereocenters. The molecule has 1 heteroatoms. The summed E-state index contributed by atoms with van der Waals surface area (Å²) in [6.07, 6.45) is 8.78. The third-order valence-electron chi connectivity index (χ3n) is 1.41. The number of hydrogen-bond acceptors (Lipinski definition) is 1. The summed E-state index contributed by atoms with van der Waals surface area (Å²) in [5.41, 5.74) is 0.889. The molecule has 0 heterocycles. The van der Waals surface area contributed by atoms with Crippen molar-refractivity contribution in [2.45, 2.75) is 6.92 Å². The van der Waals surface area contributed by atoms with E-state index in [4.69, 9.17) is 4.74 Å². The second kappa shape index (κ2) is 7.17. The van der Waals surface area contributed by atoms with Gasteiger partial charge >= 0.3 is 0 Å². The van der Waals surface area contributed by atoms with E-state index < -0.39 is 0 Å². The fourth-order valence-corrected chi connectivity index (χ4v) is 0.823. The molecule has 0 saturated carbocycles. The predicted molar refractivity (Wildman–Crippen MR) is 58.4 cm³/mol. The fraction of sp³-hybridized carbons (Fsp3) is 0.167. The minimum atomic E-state index is 0.627. The lowest BCUT2D eigenvalue weighted by atomic mass is 10.2. The Bertz CT molecular complexity index is 234. The van der Waals surface area contributed by atoms with Gasteiger partial charge in [-0.3, -0.25) is 0 Å². The van der Waals surface area contributed by atoms with Crippen LogP contribution in [-0.2, 0) is 4.74 Å². The Morgan fingerprint density at radius 3 is 2.23 bits per heavy atom. The predicted octanol–water partition coefficient (Wildman–Crippen LogP) is 3.39. The Labute approximate surface area is 80.4 Å². The Hall–Kier alpha value is -1.50. The van der Waals surface area contributed by atoms with E-state index in [1.165, 1.54) is 0 Å². The van der Waals surface area contributed by atoms with Crippen molar-refractivity contribution in [3.63, 3.8) is 0 Å². The van der Waals surface area contributed by atoms with Crippen molar-refractivity contribution in [3.8, 4) is 0 Å². The molecule has 13 heavy (non-hydrogen) atoms. The Morgan fingerprint density at radius 1 is 1.23 bits per heavy atom. The van der Waals surface area contributed by atoms with Crippen LogP contribution >= 0.6 is 0 Å². The maximum absolute atomic E-state index is 5.39. The first kappa shape index (κ1) is 11.5. The molecule has 0 aliphatic heterocycles. The van der Waals surface area contributed by atoms with Crippen LogP contribution in [-0.4, -0.2) is 6.61 Å². The van der Waals surface area contributed by atoms with E-state index >= 15 is 0 Å². The van der Waals surface area contributed by atoms with Gasteiger partial charge in [0.25, 0.3) is 0 Å². The standard InChI is InChI=1S/C12H16O/c1-5-9-10-12(13-8-4)11(6-2)7-3/h5-7,9-10H,1-3,8H2,4H3/b10-9-. The van der Waals surface area contributed by atoms with Crippen LogP contribution in [0.4, 0.5) is 0 Å². The molecule has 0 aliphatic rings. The molecule has 0 aliphatic carbocycles. The van der Waals surface area contributed by atoms with Gasteiger partial charge in [0.15, 0.2) is 0 Å². The first-order chi connectivity index (χ1) is 6.29. The second-order valence-electron chi connectivity index (χ2n) is 2.26. The van der Waals surface area contributed by atoms with E-state index in [-0.39, 0.29) is 0 Å². The van der Waals surface area contributed by atoms with Crippen molar-refractivity contribution in [3.05, 3.63) is 61.4 Å². The zero-order valence-electron chi connectivity index (χ0n) is 8.12. The van der Waals surface area contributed by atoms with Crippen LogP contribution in [0.3, 0.4) is 0 Å². The fourth-order valence-electron chi connectivity index (χ4n) is 0.823. The number of rotatable bonds is 6. The summed E-state index contributed by atoms with van der Waals surface area (Å²) in [6.45, 7) is 13.5. The van der Waals surface area contributed by atoms with Gasteiger partial charge in [-0.2, -0.15) is 0 Å². The van der Waals surface area contributed by atoms with Gasteiger partial charge in [-0.25, -0.2) is 0 Å². The van der Waals surface area contributed by atoms with Crippen LogP contribution in [0.15, 0.2) is 61.4 Å². The molecule has 0 radical (unpaired) electrons. The third kappa shape index (κ3) is 4.16. The van der Waals surface area contributed by atoms with Crippen LogP contribution in [0.2, 0.25) is 0 Å². The zero-order valence-corrected chi connectivity index (χ0v) is 8.12. The molecule has 0 spiro atoms. The Morgan fingerprint density at radius 2 is 1.85 bits per heavy atom. The molecule has 0 fully saturated rings. The Balaban J connectivity index is 4.82. The molecule has 0 saturated heterocycles. The molecular formula is C12H16O. The van der Waals surface area contributed by atoms with E-state index in [9.17, 15) is 0 Å². The van der Waals surface area contributed by atoms with Crippen molar-refractivity contribution in [2.24, 2.45) is 0 Å². The summed E-state index contributed by atoms with van der Waals surface area (Å²) >= 11 is 0. The van der Waals surface area contributed by atoms with E-state index in [0.29, 0.717) is 6.61 Å². The van der Waals surface area contributed by atoms with Crippen LogP contribution < -0.4 is 0 Å². The number of allylic oxidation sites excluding steroid dienone is 6. The van der Waals surface area contributed by atoms with Crippen LogP contribution in [0.5, 0.6) is 0 Å². The molecule has 70 valence electrons. The SMILES string of the molecule is C=C/C=C\C(OCC)=C(C=C)C=C. The highest BCUT2D eigenvalue weighted by molar-refractivity contribution is 5.36. The highest BCUT2D eigenvalue weighted by atomic mass is 16.5. The number of ether oxygens (including phenoxy) is 1. The summed E-state index contributed by atoms with van der Waals surface area (Å²) in [4.78, 5) is 0. The van der Waals surface area contributed by atoms with Crippen molar-refractivity contribution < 1.29 is 4.74 Å². The van der Waals surface area contributed by atoms with Gasteiger partial charge in [-0.15, -0.1) is 0 Å². The molecule has 0 N–H and O–H groups in total. The summed E-state index contributed by atoms with van der Waals surface area (Å²) < 4.78 is 5.39. The van der Waals surface area contributed by atoms with E-state index in [1.54, 1.807) is 18.2 Å². The molecular weight excluding hydrogens is 160 g/mol. The molecule has 0 unspecified atom stereocenters. The van der Waals surface area contributed by atoms with Crippen LogP contribution in [0.25, 0.3) is 0 Å². The third-order valence-corrected chi connectivity index (χ3v) is 1.41. The van der Waals surface area contributed by atoms with Gasteiger partial charge in [0.05, 0.1) is 6.61 Å². The van der Waals surface area contributed by atoms with Gasteiger partial charge in [-0.1, -0.05) is 44.0 Å². The van der Waals surface area contributed by atoms with E-state index in [2.05, 4.69) is 19.7 Å².